The van der Waals surface area contributed by atoms with Crippen LogP contribution < -0.4 is 9.47 Å². The summed E-state index contributed by atoms with van der Waals surface area (Å²) in [6.45, 7) is 3.38. The van der Waals surface area contributed by atoms with Crippen LogP contribution in [0.4, 0.5) is 0 Å². The van der Waals surface area contributed by atoms with Gasteiger partial charge in [0.1, 0.15) is 6.07 Å². The fourth-order valence-corrected chi connectivity index (χ4v) is 2.40. The van der Waals surface area contributed by atoms with Gasteiger partial charge in [0.2, 0.25) is 5.78 Å². The monoisotopic (exact) mass is 379 g/mol. The first kappa shape index (κ1) is 20.7. The quantitative estimate of drug-likeness (QED) is 0.395. The van der Waals surface area contributed by atoms with Gasteiger partial charge < -0.3 is 14.2 Å². The molecule has 2 rings (SSSR count). The Bertz CT molecular complexity index is 910. The molecule has 0 aliphatic heterocycles. The van der Waals surface area contributed by atoms with Crippen molar-refractivity contribution in [2.45, 2.75) is 20.0 Å². The molecule has 6 nitrogen and oxygen atoms in total. The number of carbonyl (C=O) groups is 2. The number of ketones is 1. The van der Waals surface area contributed by atoms with Crippen molar-refractivity contribution < 1.29 is 23.8 Å². The van der Waals surface area contributed by atoms with E-state index in [1.165, 1.54) is 20.1 Å². The Morgan fingerprint density at radius 1 is 1.14 bits per heavy atom. The van der Waals surface area contributed by atoms with Crippen LogP contribution in [0.2, 0.25) is 0 Å². The van der Waals surface area contributed by atoms with Gasteiger partial charge in [-0.3, -0.25) is 4.79 Å². The summed E-state index contributed by atoms with van der Waals surface area (Å²) in [5.74, 6) is -0.0195. The van der Waals surface area contributed by atoms with Crippen molar-refractivity contribution in [3.05, 3.63) is 65.2 Å². The fourth-order valence-electron chi connectivity index (χ4n) is 2.40. The number of benzene rings is 2. The summed E-state index contributed by atoms with van der Waals surface area (Å²) in [6.07, 6.45) is 1.89. The van der Waals surface area contributed by atoms with Crippen molar-refractivity contribution in [1.29, 1.82) is 5.26 Å². The lowest BCUT2D eigenvalue weighted by atomic mass is 10.1. The van der Waals surface area contributed by atoms with Crippen molar-refractivity contribution in [2.24, 2.45) is 0 Å². The molecule has 2 aromatic rings. The lowest BCUT2D eigenvalue weighted by Gasteiger charge is -2.11. The van der Waals surface area contributed by atoms with Crippen LogP contribution >= 0.6 is 0 Å². The van der Waals surface area contributed by atoms with E-state index in [-0.39, 0.29) is 12.4 Å². The van der Waals surface area contributed by atoms with Crippen molar-refractivity contribution >= 4 is 17.8 Å². The highest BCUT2D eigenvalue weighted by molar-refractivity contribution is 6.01. The van der Waals surface area contributed by atoms with E-state index in [1.54, 1.807) is 36.4 Å². The van der Waals surface area contributed by atoms with Gasteiger partial charge in [-0.2, -0.15) is 5.26 Å². The number of Topliss-reactive ketones (excluding diaryl/α,β-unsaturated/α-hetero) is 1. The number of carbonyl (C=O) groups excluding carboxylic acids is 2. The maximum Gasteiger partial charge on any atom is 0.331 e. The Kier molecular flexibility index (Phi) is 7.35. The summed E-state index contributed by atoms with van der Waals surface area (Å²) < 4.78 is 15.6. The van der Waals surface area contributed by atoms with E-state index in [0.717, 1.165) is 5.56 Å². The van der Waals surface area contributed by atoms with Crippen LogP contribution in [0.3, 0.4) is 0 Å². The van der Waals surface area contributed by atoms with Gasteiger partial charge in [0.15, 0.2) is 24.2 Å². The van der Waals surface area contributed by atoms with Gasteiger partial charge in [-0.1, -0.05) is 35.9 Å². The van der Waals surface area contributed by atoms with Crippen LogP contribution in [-0.4, -0.2) is 31.6 Å². The molecule has 0 amide bonds. The fraction of sp³-hybridized carbons (Fsp3) is 0.227. The van der Waals surface area contributed by atoms with Crippen molar-refractivity contribution in [1.82, 2.24) is 0 Å². The third-order valence-corrected chi connectivity index (χ3v) is 3.89. The standard InChI is InChI=1S/C22H21NO5/c1-15-4-8-18(9-5-15)22(25)16(2)28-21(24)11-7-17-6-10-19(27-13-12-23)20(14-17)26-3/h4-11,14,16H,13H2,1-3H3/b11-7+. The highest BCUT2D eigenvalue weighted by Crippen LogP contribution is 2.28. The third-order valence-electron chi connectivity index (χ3n) is 3.89. The largest absolute Gasteiger partial charge is 0.493 e. The number of nitriles is 1. The van der Waals surface area contributed by atoms with Crippen LogP contribution in [0.15, 0.2) is 48.5 Å². The van der Waals surface area contributed by atoms with Crippen LogP contribution in [0.25, 0.3) is 6.08 Å². The first-order chi connectivity index (χ1) is 13.4. The molecule has 0 spiro atoms. The molecule has 1 unspecified atom stereocenters. The molecule has 0 saturated carbocycles. The number of ether oxygens (including phenoxy) is 3. The molecule has 0 N–H and O–H groups in total. The first-order valence-corrected chi connectivity index (χ1v) is 8.62. The van der Waals surface area contributed by atoms with E-state index in [4.69, 9.17) is 19.5 Å². The summed E-state index contributed by atoms with van der Waals surface area (Å²) >= 11 is 0. The molecule has 0 fully saturated rings. The molecule has 0 aliphatic rings. The zero-order valence-corrected chi connectivity index (χ0v) is 16.0. The van der Waals surface area contributed by atoms with Gasteiger partial charge in [-0.15, -0.1) is 0 Å². The van der Waals surface area contributed by atoms with Gasteiger partial charge in [0.05, 0.1) is 7.11 Å². The maximum absolute atomic E-state index is 12.3. The molecule has 0 aromatic heterocycles. The number of esters is 1. The van der Waals surface area contributed by atoms with Crippen LogP contribution in [0.5, 0.6) is 11.5 Å². The molecule has 0 bridgehead atoms. The first-order valence-electron chi connectivity index (χ1n) is 8.62. The van der Waals surface area contributed by atoms with Crippen LogP contribution in [0.1, 0.15) is 28.4 Å². The summed E-state index contributed by atoms with van der Waals surface area (Å²) in [4.78, 5) is 24.3. The van der Waals surface area contributed by atoms with Gasteiger partial charge in [0.25, 0.3) is 0 Å². The number of methoxy groups -OCH3 is 1. The van der Waals surface area contributed by atoms with E-state index in [9.17, 15) is 9.59 Å². The lowest BCUT2D eigenvalue weighted by molar-refractivity contribution is -0.140. The molecule has 28 heavy (non-hydrogen) atoms. The van der Waals surface area contributed by atoms with Crippen LogP contribution in [-0.2, 0) is 9.53 Å². The third kappa shape index (κ3) is 5.71. The molecule has 6 heteroatoms. The summed E-state index contributed by atoms with van der Waals surface area (Å²) in [5, 5.41) is 8.58. The van der Waals surface area contributed by atoms with Crippen molar-refractivity contribution in [2.75, 3.05) is 13.7 Å². The summed E-state index contributed by atoms with van der Waals surface area (Å²) in [5.41, 5.74) is 2.21. The molecular formula is C22H21NO5. The Morgan fingerprint density at radius 3 is 2.50 bits per heavy atom. The molecule has 0 aliphatic carbocycles. The Hall–Kier alpha value is -3.59. The molecule has 1 atom stereocenters. The average molecular weight is 379 g/mol. The summed E-state index contributed by atoms with van der Waals surface area (Å²) in [7, 11) is 1.48. The van der Waals surface area contributed by atoms with Gasteiger partial charge in [-0.25, -0.2) is 4.79 Å². The van der Waals surface area contributed by atoms with Gasteiger partial charge in [-0.05, 0) is 37.6 Å². The normalized spacial score (nSPS) is 11.5. The minimum absolute atomic E-state index is 0.0925. The average Bonchev–Trinajstić information content (AvgIpc) is 2.70. The zero-order valence-electron chi connectivity index (χ0n) is 16.0. The van der Waals surface area contributed by atoms with Gasteiger partial charge >= 0.3 is 5.97 Å². The lowest BCUT2D eigenvalue weighted by Crippen LogP contribution is -2.23. The number of rotatable bonds is 8. The number of nitrogens with zero attached hydrogens (tertiary/aromatic N) is 1. The number of aryl methyl sites for hydroxylation is 1. The highest BCUT2D eigenvalue weighted by atomic mass is 16.5. The smallest absolute Gasteiger partial charge is 0.331 e. The maximum atomic E-state index is 12.3. The Morgan fingerprint density at radius 2 is 1.86 bits per heavy atom. The molecule has 2 aromatic carbocycles. The number of hydrogen-bond acceptors (Lipinski definition) is 6. The number of hydrogen-bond donors (Lipinski definition) is 0. The highest BCUT2D eigenvalue weighted by Gasteiger charge is 2.18. The minimum Gasteiger partial charge on any atom is -0.493 e. The molecule has 144 valence electrons. The zero-order chi connectivity index (χ0) is 20.5. The van der Waals surface area contributed by atoms with E-state index < -0.39 is 12.1 Å². The van der Waals surface area contributed by atoms with E-state index >= 15 is 0 Å². The molecule has 0 saturated heterocycles. The minimum atomic E-state index is -0.892. The van der Waals surface area contributed by atoms with Crippen LogP contribution in [0, 0.1) is 18.3 Å². The Balaban J connectivity index is 2.00. The van der Waals surface area contributed by atoms with Crippen molar-refractivity contribution in [3.63, 3.8) is 0 Å². The predicted octanol–water partition coefficient (Wildman–Crippen LogP) is 3.73. The summed E-state index contributed by atoms with van der Waals surface area (Å²) in [6, 6.07) is 14.0. The molecule has 0 radical (unpaired) electrons. The topological polar surface area (TPSA) is 85.6 Å². The second kappa shape index (κ2) is 9.93. The second-order valence-electron chi connectivity index (χ2n) is 6.00. The van der Waals surface area contributed by atoms with E-state index in [2.05, 4.69) is 0 Å². The van der Waals surface area contributed by atoms with Gasteiger partial charge in [0, 0.05) is 11.6 Å². The van der Waals surface area contributed by atoms with Crippen molar-refractivity contribution in [3.8, 4) is 17.6 Å². The Labute approximate surface area is 164 Å². The SMILES string of the molecule is COc1cc(/C=C/C(=O)OC(C)C(=O)c2ccc(C)cc2)ccc1OCC#N. The molecular weight excluding hydrogens is 358 g/mol. The second-order valence-corrected chi connectivity index (χ2v) is 6.00. The van der Waals surface area contributed by atoms with E-state index in [0.29, 0.717) is 22.6 Å². The van der Waals surface area contributed by atoms with E-state index in [1.807, 2.05) is 25.1 Å². The predicted molar refractivity (Wildman–Crippen MR) is 104 cm³/mol. The molecule has 0 heterocycles.